The van der Waals surface area contributed by atoms with E-state index in [1.54, 1.807) is 0 Å². The molecule has 0 radical (unpaired) electrons. The lowest BCUT2D eigenvalue weighted by atomic mass is 10.2. The Labute approximate surface area is 125 Å². The molecule has 1 aliphatic heterocycles. The van der Waals surface area contributed by atoms with E-state index in [9.17, 15) is 0 Å². The van der Waals surface area contributed by atoms with Crippen LogP contribution in [0.25, 0.3) is 0 Å². The lowest BCUT2D eigenvalue weighted by molar-refractivity contribution is -0.0547. The molecule has 0 spiro atoms. The summed E-state index contributed by atoms with van der Waals surface area (Å²) in [7, 11) is 0. The lowest BCUT2D eigenvalue weighted by Gasteiger charge is -2.31. The molecule has 0 bridgehead atoms. The van der Waals surface area contributed by atoms with Gasteiger partial charge in [-0.2, -0.15) is 0 Å². The Morgan fingerprint density at radius 2 is 2.10 bits per heavy atom. The molecule has 1 aromatic carbocycles. The van der Waals surface area contributed by atoms with Crippen molar-refractivity contribution in [2.75, 3.05) is 46.1 Å². The van der Waals surface area contributed by atoms with Crippen molar-refractivity contribution in [2.45, 2.75) is 6.10 Å². The summed E-state index contributed by atoms with van der Waals surface area (Å²) in [6.45, 7) is 3.61. The van der Waals surface area contributed by atoms with E-state index in [-0.39, 0.29) is 19.3 Å². The Kier molecular flexibility index (Phi) is 6.51. The number of hydrogen-bond acceptors (Lipinski definition) is 5. The van der Waals surface area contributed by atoms with Gasteiger partial charge in [0.2, 0.25) is 0 Å². The summed E-state index contributed by atoms with van der Waals surface area (Å²) in [5, 5.41) is 17.7. The van der Waals surface area contributed by atoms with Crippen LogP contribution in [0.1, 0.15) is 5.56 Å². The van der Waals surface area contributed by atoms with Gasteiger partial charge in [0.05, 0.1) is 19.3 Å². The van der Waals surface area contributed by atoms with Crippen molar-refractivity contribution >= 4 is 0 Å². The molecule has 114 valence electrons. The minimum absolute atomic E-state index is 0.0632. The normalized spacial score (nSPS) is 18.9. The van der Waals surface area contributed by atoms with E-state index < -0.39 is 0 Å². The molecule has 2 rings (SSSR count). The minimum Gasteiger partial charge on any atom is -0.492 e. The molecule has 0 aliphatic carbocycles. The van der Waals surface area contributed by atoms with Gasteiger partial charge in [-0.25, -0.2) is 0 Å². The van der Waals surface area contributed by atoms with Crippen LogP contribution in [0.3, 0.4) is 0 Å². The number of hydrogen-bond donors (Lipinski definition) is 2. The highest BCUT2D eigenvalue weighted by molar-refractivity contribution is 5.38. The van der Waals surface area contributed by atoms with Gasteiger partial charge in [0.25, 0.3) is 0 Å². The average molecular weight is 291 g/mol. The maximum Gasteiger partial charge on any atom is 0.119 e. The number of morpholine rings is 1. The molecule has 2 N–H and O–H groups in total. The zero-order valence-electron chi connectivity index (χ0n) is 12.0. The first kappa shape index (κ1) is 15.8. The van der Waals surface area contributed by atoms with E-state index in [4.69, 9.17) is 19.7 Å². The molecular weight excluding hydrogens is 270 g/mol. The number of aliphatic hydroxyl groups excluding tert-OH is 2. The van der Waals surface area contributed by atoms with Gasteiger partial charge in [0.1, 0.15) is 19.0 Å². The van der Waals surface area contributed by atoms with E-state index in [1.165, 1.54) is 0 Å². The maximum absolute atomic E-state index is 9.09. The third-order valence-electron chi connectivity index (χ3n) is 3.27. The Bertz CT molecular complexity index is 477. The molecule has 1 saturated heterocycles. The van der Waals surface area contributed by atoms with Crippen LogP contribution in [0.15, 0.2) is 24.3 Å². The van der Waals surface area contributed by atoms with Crippen LogP contribution in [0, 0.1) is 11.8 Å². The smallest absolute Gasteiger partial charge is 0.119 e. The molecule has 0 saturated carbocycles. The highest BCUT2D eigenvalue weighted by Crippen LogP contribution is 2.12. The van der Waals surface area contributed by atoms with Crippen molar-refractivity contribution in [1.82, 2.24) is 4.90 Å². The van der Waals surface area contributed by atoms with Crippen molar-refractivity contribution in [3.05, 3.63) is 29.8 Å². The topological polar surface area (TPSA) is 62.2 Å². The SMILES string of the molecule is OCC#Cc1ccc(OCCN2CCOC(CO)C2)cc1. The first-order chi connectivity index (χ1) is 10.3. The molecule has 1 heterocycles. The van der Waals surface area contributed by atoms with E-state index in [0.717, 1.165) is 30.9 Å². The molecule has 1 aromatic rings. The van der Waals surface area contributed by atoms with E-state index in [2.05, 4.69) is 16.7 Å². The summed E-state index contributed by atoms with van der Waals surface area (Å²) in [5.41, 5.74) is 0.857. The zero-order chi connectivity index (χ0) is 14.9. The Morgan fingerprint density at radius 3 is 2.81 bits per heavy atom. The van der Waals surface area contributed by atoms with Gasteiger partial charge in [-0.15, -0.1) is 0 Å². The predicted molar refractivity (Wildman–Crippen MR) is 79.2 cm³/mol. The Hall–Kier alpha value is -1.58. The Morgan fingerprint density at radius 1 is 1.29 bits per heavy atom. The molecule has 1 aliphatic rings. The first-order valence-electron chi connectivity index (χ1n) is 7.09. The summed E-state index contributed by atoms with van der Waals surface area (Å²) in [5.74, 6) is 6.25. The summed E-state index contributed by atoms with van der Waals surface area (Å²) in [4.78, 5) is 2.23. The van der Waals surface area contributed by atoms with Crippen molar-refractivity contribution in [2.24, 2.45) is 0 Å². The monoisotopic (exact) mass is 291 g/mol. The van der Waals surface area contributed by atoms with Crippen molar-refractivity contribution in [3.63, 3.8) is 0 Å². The first-order valence-corrected chi connectivity index (χ1v) is 7.09. The van der Waals surface area contributed by atoms with Crippen LogP contribution in [0.4, 0.5) is 0 Å². The molecule has 1 atom stereocenters. The number of nitrogens with zero attached hydrogens (tertiary/aromatic N) is 1. The highest BCUT2D eigenvalue weighted by Gasteiger charge is 2.19. The van der Waals surface area contributed by atoms with Crippen molar-refractivity contribution in [1.29, 1.82) is 0 Å². The molecular formula is C16H21NO4. The van der Waals surface area contributed by atoms with Gasteiger partial charge in [-0.3, -0.25) is 4.90 Å². The van der Waals surface area contributed by atoms with Crippen LogP contribution in [-0.2, 0) is 4.74 Å². The summed E-state index contributed by atoms with van der Waals surface area (Å²) < 4.78 is 11.1. The van der Waals surface area contributed by atoms with Gasteiger partial charge in [-0.1, -0.05) is 11.8 Å². The summed E-state index contributed by atoms with van der Waals surface area (Å²) >= 11 is 0. The third kappa shape index (κ3) is 5.37. The zero-order valence-corrected chi connectivity index (χ0v) is 12.0. The molecule has 1 unspecified atom stereocenters. The third-order valence-corrected chi connectivity index (χ3v) is 3.27. The summed E-state index contributed by atoms with van der Waals surface area (Å²) in [6, 6.07) is 7.48. The molecule has 21 heavy (non-hydrogen) atoms. The number of rotatable bonds is 5. The van der Waals surface area contributed by atoms with Gasteiger partial charge in [0, 0.05) is 25.2 Å². The number of benzene rings is 1. The van der Waals surface area contributed by atoms with Crippen LogP contribution < -0.4 is 4.74 Å². The van der Waals surface area contributed by atoms with Crippen LogP contribution in [0.2, 0.25) is 0 Å². The second kappa shape index (κ2) is 8.65. The fraction of sp³-hybridized carbons (Fsp3) is 0.500. The lowest BCUT2D eigenvalue weighted by Crippen LogP contribution is -2.45. The van der Waals surface area contributed by atoms with E-state index in [0.29, 0.717) is 13.2 Å². The quantitative estimate of drug-likeness (QED) is 0.754. The predicted octanol–water partition coefficient (Wildman–Crippen LogP) is 0.102. The van der Waals surface area contributed by atoms with Gasteiger partial charge >= 0.3 is 0 Å². The van der Waals surface area contributed by atoms with Gasteiger partial charge in [-0.05, 0) is 24.3 Å². The fourth-order valence-electron chi connectivity index (χ4n) is 2.16. The van der Waals surface area contributed by atoms with Gasteiger partial charge < -0.3 is 19.7 Å². The summed E-state index contributed by atoms with van der Waals surface area (Å²) in [6.07, 6.45) is -0.0804. The standard InChI is InChI=1S/C16H21NO4/c18-9-1-2-14-3-5-15(6-4-14)20-10-7-17-8-11-21-16(12-17)13-19/h3-6,16,18-19H,7-13H2. The molecule has 5 nitrogen and oxygen atoms in total. The van der Waals surface area contributed by atoms with E-state index in [1.807, 2.05) is 24.3 Å². The molecule has 1 fully saturated rings. The number of aliphatic hydroxyl groups is 2. The Balaban J connectivity index is 1.73. The molecule has 5 heteroatoms. The number of ether oxygens (including phenoxy) is 2. The molecule has 0 amide bonds. The highest BCUT2D eigenvalue weighted by atomic mass is 16.5. The second-order valence-electron chi connectivity index (χ2n) is 4.81. The molecule has 0 aromatic heterocycles. The van der Waals surface area contributed by atoms with Crippen LogP contribution >= 0.6 is 0 Å². The largest absolute Gasteiger partial charge is 0.492 e. The van der Waals surface area contributed by atoms with Gasteiger partial charge in [0.15, 0.2) is 0 Å². The minimum atomic E-state index is -0.132. The fourth-order valence-corrected chi connectivity index (χ4v) is 2.16. The van der Waals surface area contributed by atoms with Crippen LogP contribution in [0.5, 0.6) is 5.75 Å². The van der Waals surface area contributed by atoms with Crippen molar-refractivity contribution in [3.8, 4) is 17.6 Å². The maximum atomic E-state index is 9.09. The van der Waals surface area contributed by atoms with Crippen molar-refractivity contribution < 1.29 is 19.7 Å². The van der Waals surface area contributed by atoms with E-state index >= 15 is 0 Å². The average Bonchev–Trinajstić information content (AvgIpc) is 2.54. The second-order valence-corrected chi connectivity index (χ2v) is 4.81. The van der Waals surface area contributed by atoms with Crippen LogP contribution in [-0.4, -0.2) is 67.3 Å².